The van der Waals surface area contributed by atoms with Crippen LogP contribution in [0.1, 0.15) is 31.2 Å². The quantitative estimate of drug-likeness (QED) is 0.668. The Morgan fingerprint density at radius 3 is 2.47 bits per heavy atom. The van der Waals surface area contributed by atoms with Crippen LogP contribution in [0.25, 0.3) is 0 Å². The molecule has 2 rings (SSSR count). The molecule has 1 aromatic carbocycles. The van der Waals surface area contributed by atoms with Crippen LogP contribution >= 0.6 is 11.6 Å². The lowest BCUT2D eigenvalue weighted by molar-refractivity contribution is 0.129. The molecule has 1 aromatic rings. The Morgan fingerprint density at radius 2 is 1.88 bits per heavy atom. The number of hydrogen-bond donors (Lipinski definition) is 0. The van der Waals surface area contributed by atoms with E-state index < -0.39 is 0 Å². The minimum Gasteiger partial charge on any atom is -0.300 e. The highest BCUT2D eigenvalue weighted by Crippen LogP contribution is 2.25. The summed E-state index contributed by atoms with van der Waals surface area (Å²) in [4.78, 5) is 2.64. The number of nitrogens with zero attached hydrogens (tertiary/aromatic N) is 1. The van der Waals surface area contributed by atoms with Crippen LogP contribution in [0.15, 0.2) is 30.3 Å². The Kier molecular flexibility index (Phi) is 5.34. The molecular weight excluding hydrogens is 230 g/mol. The first-order valence-electron chi connectivity index (χ1n) is 6.74. The number of benzene rings is 1. The summed E-state index contributed by atoms with van der Waals surface area (Å²) in [5.41, 5.74) is 1.45. The van der Waals surface area contributed by atoms with Gasteiger partial charge in [-0.3, -0.25) is 0 Å². The molecule has 17 heavy (non-hydrogen) atoms. The second-order valence-corrected chi connectivity index (χ2v) is 5.28. The van der Waals surface area contributed by atoms with Gasteiger partial charge in [0.25, 0.3) is 0 Å². The fourth-order valence-electron chi connectivity index (χ4n) is 2.41. The van der Waals surface area contributed by atoms with Crippen molar-refractivity contribution in [3.8, 4) is 0 Å². The van der Waals surface area contributed by atoms with Gasteiger partial charge in [-0.25, -0.2) is 0 Å². The molecule has 1 aliphatic carbocycles. The van der Waals surface area contributed by atoms with Crippen LogP contribution in [0, 0.1) is 0 Å². The van der Waals surface area contributed by atoms with Crippen molar-refractivity contribution < 1.29 is 0 Å². The van der Waals surface area contributed by atoms with Gasteiger partial charge in [-0.15, -0.1) is 11.6 Å². The molecule has 0 aliphatic heterocycles. The molecule has 1 nitrogen and oxygen atoms in total. The Morgan fingerprint density at radius 1 is 1.12 bits per heavy atom. The fraction of sp³-hybridized carbons (Fsp3) is 0.600. The van der Waals surface area contributed by atoms with E-state index >= 15 is 0 Å². The molecule has 1 saturated carbocycles. The Bertz CT molecular complexity index is 308. The first-order valence-corrected chi connectivity index (χ1v) is 7.27. The van der Waals surface area contributed by atoms with Gasteiger partial charge < -0.3 is 4.90 Å². The van der Waals surface area contributed by atoms with Gasteiger partial charge in [-0.1, -0.05) is 36.8 Å². The molecule has 0 saturated heterocycles. The molecule has 2 heteroatoms. The van der Waals surface area contributed by atoms with Crippen LogP contribution in [0.5, 0.6) is 0 Å². The van der Waals surface area contributed by atoms with E-state index in [2.05, 4.69) is 35.2 Å². The predicted octanol–water partition coefficient (Wildman–Crippen LogP) is 3.71. The van der Waals surface area contributed by atoms with Crippen molar-refractivity contribution in [2.75, 3.05) is 19.0 Å². The molecule has 0 aromatic heterocycles. The van der Waals surface area contributed by atoms with Gasteiger partial charge in [0.2, 0.25) is 0 Å². The maximum absolute atomic E-state index is 5.80. The highest BCUT2D eigenvalue weighted by Gasteiger charge is 2.23. The lowest BCUT2D eigenvalue weighted by Crippen LogP contribution is -2.42. The van der Waals surface area contributed by atoms with E-state index in [9.17, 15) is 0 Å². The number of halogens is 1. The second kappa shape index (κ2) is 7.03. The summed E-state index contributed by atoms with van der Waals surface area (Å²) in [6, 6.07) is 11.6. The molecule has 1 fully saturated rings. The lowest BCUT2D eigenvalue weighted by atomic mass is 9.91. The highest BCUT2D eigenvalue weighted by atomic mass is 35.5. The Balaban J connectivity index is 1.80. The average Bonchev–Trinajstić information content (AvgIpc) is 2.31. The number of alkyl halides is 1. The van der Waals surface area contributed by atoms with E-state index in [4.69, 9.17) is 11.6 Å². The zero-order valence-electron chi connectivity index (χ0n) is 10.4. The maximum Gasteiger partial charge on any atom is 0.0235 e. The van der Waals surface area contributed by atoms with Gasteiger partial charge in [0, 0.05) is 18.5 Å². The fourth-order valence-corrected chi connectivity index (χ4v) is 2.53. The average molecular weight is 252 g/mol. The van der Waals surface area contributed by atoms with Crippen molar-refractivity contribution in [2.45, 2.75) is 38.1 Å². The van der Waals surface area contributed by atoms with E-state index in [0.717, 1.165) is 18.3 Å². The van der Waals surface area contributed by atoms with Gasteiger partial charge in [-0.05, 0) is 37.8 Å². The molecule has 0 N–H and O–H groups in total. The minimum absolute atomic E-state index is 0.786. The molecule has 0 amide bonds. The van der Waals surface area contributed by atoms with Crippen molar-refractivity contribution in [3.63, 3.8) is 0 Å². The summed E-state index contributed by atoms with van der Waals surface area (Å²) in [5.74, 6) is 0.786. The summed E-state index contributed by atoms with van der Waals surface area (Å²) in [5, 5.41) is 0. The van der Waals surface area contributed by atoms with Crippen molar-refractivity contribution in [1.29, 1.82) is 0 Å². The third-order valence-electron chi connectivity index (χ3n) is 3.70. The molecule has 0 heterocycles. The standard InChI is InChI=1S/C15H22ClN/c16-11-5-12-17(15-8-4-9-15)13-10-14-6-2-1-3-7-14/h1-3,6-7,15H,4-5,8-13H2. The molecule has 0 radical (unpaired) electrons. The Hall–Kier alpha value is -0.530. The lowest BCUT2D eigenvalue weighted by Gasteiger charge is -2.37. The van der Waals surface area contributed by atoms with Gasteiger partial charge in [0.1, 0.15) is 0 Å². The van der Waals surface area contributed by atoms with E-state index in [1.165, 1.54) is 44.3 Å². The van der Waals surface area contributed by atoms with Crippen LogP contribution in [0.3, 0.4) is 0 Å². The van der Waals surface area contributed by atoms with Crippen LogP contribution in [0.4, 0.5) is 0 Å². The predicted molar refractivity (Wildman–Crippen MR) is 74.7 cm³/mol. The summed E-state index contributed by atoms with van der Waals surface area (Å²) in [6.07, 6.45) is 6.47. The van der Waals surface area contributed by atoms with E-state index in [1.807, 2.05) is 0 Å². The van der Waals surface area contributed by atoms with Gasteiger partial charge >= 0.3 is 0 Å². The molecule has 0 spiro atoms. The smallest absolute Gasteiger partial charge is 0.0235 e. The van der Waals surface area contributed by atoms with Crippen LogP contribution in [0.2, 0.25) is 0 Å². The Labute approximate surface area is 110 Å². The van der Waals surface area contributed by atoms with Crippen LogP contribution in [-0.2, 0) is 6.42 Å². The summed E-state index contributed by atoms with van der Waals surface area (Å²) in [7, 11) is 0. The molecule has 0 atom stereocenters. The number of rotatable bonds is 7. The third kappa shape index (κ3) is 4.01. The van der Waals surface area contributed by atoms with E-state index in [0.29, 0.717) is 0 Å². The summed E-state index contributed by atoms with van der Waals surface area (Å²) in [6.45, 7) is 2.35. The normalized spacial score (nSPS) is 16.1. The molecule has 0 bridgehead atoms. The minimum atomic E-state index is 0.786. The maximum atomic E-state index is 5.80. The second-order valence-electron chi connectivity index (χ2n) is 4.90. The highest BCUT2D eigenvalue weighted by molar-refractivity contribution is 6.17. The first-order chi connectivity index (χ1) is 8.40. The van der Waals surface area contributed by atoms with Crippen molar-refractivity contribution in [1.82, 2.24) is 4.90 Å². The van der Waals surface area contributed by atoms with Gasteiger partial charge in [-0.2, -0.15) is 0 Å². The van der Waals surface area contributed by atoms with Crippen molar-refractivity contribution in [2.24, 2.45) is 0 Å². The first kappa shape index (κ1) is 12.9. The van der Waals surface area contributed by atoms with Crippen LogP contribution < -0.4 is 0 Å². The van der Waals surface area contributed by atoms with Gasteiger partial charge in [0.15, 0.2) is 0 Å². The monoisotopic (exact) mass is 251 g/mol. The van der Waals surface area contributed by atoms with Crippen LogP contribution in [-0.4, -0.2) is 29.9 Å². The zero-order valence-corrected chi connectivity index (χ0v) is 11.2. The molecular formula is C15H22ClN. The van der Waals surface area contributed by atoms with Gasteiger partial charge in [0.05, 0.1) is 0 Å². The zero-order chi connectivity index (χ0) is 11.9. The van der Waals surface area contributed by atoms with Crippen molar-refractivity contribution >= 4 is 11.6 Å². The number of hydrogen-bond acceptors (Lipinski definition) is 1. The van der Waals surface area contributed by atoms with E-state index in [-0.39, 0.29) is 0 Å². The molecule has 94 valence electrons. The van der Waals surface area contributed by atoms with Crippen molar-refractivity contribution in [3.05, 3.63) is 35.9 Å². The molecule has 1 aliphatic rings. The summed E-state index contributed by atoms with van der Waals surface area (Å²) >= 11 is 5.80. The SMILES string of the molecule is ClCCCN(CCc1ccccc1)C1CCC1. The molecule has 0 unspecified atom stereocenters. The third-order valence-corrected chi connectivity index (χ3v) is 3.97. The van der Waals surface area contributed by atoms with E-state index in [1.54, 1.807) is 0 Å². The topological polar surface area (TPSA) is 3.24 Å². The largest absolute Gasteiger partial charge is 0.300 e. The summed E-state index contributed by atoms with van der Waals surface area (Å²) < 4.78 is 0.